The molecule has 0 aliphatic carbocycles. The van der Waals surface area contributed by atoms with Gasteiger partial charge in [0.25, 0.3) is 0 Å². The molecule has 13 nitrogen and oxygen atoms in total. The average molecular weight is 582 g/mol. The van der Waals surface area contributed by atoms with Crippen molar-refractivity contribution in [2.24, 2.45) is 7.05 Å². The maximum absolute atomic E-state index is 16.0. The van der Waals surface area contributed by atoms with Gasteiger partial charge in [-0.05, 0) is 19.1 Å². The summed E-state index contributed by atoms with van der Waals surface area (Å²) in [6.07, 6.45) is 7.79. The van der Waals surface area contributed by atoms with Gasteiger partial charge < -0.3 is 14.4 Å². The number of ether oxygens (including phenoxy) is 2. The predicted molar refractivity (Wildman–Crippen MR) is 150 cm³/mol. The number of benzene rings is 1. The summed E-state index contributed by atoms with van der Waals surface area (Å²) < 4.78 is 56.6. The fraction of sp³-hybridized carbons (Fsp3) is 0.269. The van der Waals surface area contributed by atoms with Gasteiger partial charge in [-0.15, -0.1) is 0 Å². The molecule has 15 heteroatoms. The van der Waals surface area contributed by atoms with Gasteiger partial charge in [0.05, 0.1) is 44.0 Å². The molecule has 41 heavy (non-hydrogen) atoms. The lowest BCUT2D eigenvalue weighted by Gasteiger charge is -2.31. The Bertz CT molecular complexity index is 1840. The van der Waals surface area contributed by atoms with Crippen molar-refractivity contribution in [1.82, 2.24) is 38.0 Å². The molecule has 4 aromatic heterocycles. The number of hydrogen-bond acceptors (Lipinski definition) is 10. The Morgan fingerprint density at radius 3 is 2.49 bits per heavy atom. The van der Waals surface area contributed by atoms with Crippen LogP contribution in [0.15, 0.2) is 55.2 Å². The topological polar surface area (TPSA) is 133 Å². The zero-order valence-electron chi connectivity index (χ0n) is 23.2. The van der Waals surface area contributed by atoms with E-state index in [-0.39, 0.29) is 23.1 Å². The van der Waals surface area contributed by atoms with E-state index >= 15 is 4.39 Å². The lowest BCUT2D eigenvalue weighted by Crippen LogP contribution is -2.33. The summed E-state index contributed by atoms with van der Waals surface area (Å²) in [4.78, 5) is 19.7. The third kappa shape index (κ3) is 5.04. The van der Waals surface area contributed by atoms with Crippen LogP contribution < -0.4 is 14.4 Å². The van der Waals surface area contributed by atoms with E-state index in [0.717, 1.165) is 13.8 Å². The minimum Gasteiger partial charge on any atom is -0.497 e. The lowest BCUT2D eigenvalue weighted by atomic mass is 10.1. The van der Waals surface area contributed by atoms with Gasteiger partial charge >= 0.3 is 10.2 Å². The number of nitrogens with zero attached hydrogens (tertiary/aromatic N) is 9. The SMILES string of the molecule is COc1cc(OC)c(F)c(N(c2ccc3ncc(-c4cnn(C)c4)nc3n2)C(C)c2nccn2S(=O)(=O)N(C)C)c1. The first-order chi connectivity index (χ1) is 19.5. The van der Waals surface area contributed by atoms with Crippen LogP contribution in [0.4, 0.5) is 15.9 Å². The van der Waals surface area contributed by atoms with E-state index in [1.54, 1.807) is 49.4 Å². The van der Waals surface area contributed by atoms with Crippen LogP contribution >= 0.6 is 0 Å². The van der Waals surface area contributed by atoms with Crippen molar-refractivity contribution >= 4 is 32.9 Å². The molecule has 0 radical (unpaired) electrons. The predicted octanol–water partition coefficient (Wildman–Crippen LogP) is 3.33. The number of anilines is 2. The van der Waals surface area contributed by atoms with Crippen LogP contribution in [-0.2, 0) is 17.3 Å². The van der Waals surface area contributed by atoms with Gasteiger partial charge in [-0.3, -0.25) is 9.67 Å². The quantitative estimate of drug-likeness (QED) is 0.255. The number of pyridine rings is 1. The van der Waals surface area contributed by atoms with Crippen molar-refractivity contribution in [1.29, 1.82) is 0 Å². The Morgan fingerprint density at radius 1 is 1.05 bits per heavy atom. The van der Waals surface area contributed by atoms with E-state index in [1.165, 1.54) is 57.7 Å². The van der Waals surface area contributed by atoms with Crippen molar-refractivity contribution in [3.05, 3.63) is 66.9 Å². The molecule has 5 aromatic rings. The maximum Gasteiger partial charge on any atom is 0.308 e. The first-order valence-corrected chi connectivity index (χ1v) is 13.7. The average Bonchev–Trinajstić information content (AvgIpc) is 3.63. The van der Waals surface area contributed by atoms with Crippen molar-refractivity contribution in [3.63, 3.8) is 0 Å². The van der Waals surface area contributed by atoms with E-state index in [9.17, 15) is 8.42 Å². The maximum atomic E-state index is 16.0. The first-order valence-electron chi connectivity index (χ1n) is 12.3. The second-order valence-electron chi connectivity index (χ2n) is 9.25. The molecule has 1 unspecified atom stereocenters. The van der Waals surface area contributed by atoms with E-state index in [0.29, 0.717) is 22.6 Å². The fourth-order valence-electron chi connectivity index (χ4n) is 4.33. The third-order valence-corrected chi connectivity index (χ3v) is 8.18. The highest BCUT2D eigenvalue weighted by Crippen LogP contribution is 2.41. The van der Waals surface area contributed by atoms with E-state index in [4.69, 9.17) is 14.5 Å². The van der Waals surface area contributed by atoms with Gasteiger partial charge in [-0.2, -0.15) is 17.8 Å². The second kappa shape index (κ2) is 10.7. The number of fused-ring (bicyclic) bond motifs is 1. The highest BCUT2D eigenvalue weighted by atomic mass is 32.2. The van der Waals surface area contributed by atoms with E-state index in [2.05, 4.69) is 20.1 Å². The molecule has 0 aliphatic rings. The Kier molecular flexibility index (Phi) is 7.31. The Labute approximate surface area is 236 Å². The van der Waals surface area contributed by atoms with Crippen LogP contribution in [0.2, 0.25) is 0 Å². The number of methoxy groups -OCH3 is 2. The van der Waals surface area contributed by atoms with Crippen LogP contribution in [0, 0.1) is 5.82 Å². The molecule has 0 aliphatic heterocycles. The Hall–Kier alpha value is -4.63. The van der Waals surface area contributed by atoms with E-state index < -0.39 is 22.1 Å². The summed E-state index contributed by atoms with van der Waals surface area (Å²) in [6, 6.07) is 5.39. The summed E-state index contributed by atoms with van der Waals surface area (Å²) in [6.45, 7) is 1.69. The molecule has 0 saturated carbocycles. The Morgan fingerprint density at radius 2 is 1.83 bits per heavy atom. The smallest absolute Gasteiger partial charge is 0.308 e. The summed E-state index contributed by atoms with van der Waals surface area (Å²) >= 11 is 0. The standard InChI is InChI=1S/C26H28FN9O4S/c1-16(26-28-9-10-35(26)41(37,38)33(2)3)36(21-11-18(39-5)12-22(40-6)24(21)27)23-8-7-19-25(32-23)31-20(14-29-19)17-13-30-34(4)15-17/h7-16H,1-6H3. The van der Waals surface area contributed by atoms with Crippen molar-refractivity contribution in [2.75, 3.05) is 33.2 Å². The summed E-state index contributed by atoms with van der Waals surface area (Å²) in [5, 5.41) is 4.19. The van der Waals surface area contributed by atoms with Crippen LogP contribution in [0.1, 0.15) is 18.8 Å². The lowest BCUT2D eigenvalue weighted by molar-refractivity contribution is 0.374. The molecular formula is C26H28FN9O4S. The van der Waals surface area contributed by atoms with Crippen LogP contribution in [0.25, 0.3) is 22.4 Å². The van der Waals surface area contributed by atoms with Crippen LogP contribution in [-0.4, -0.2) is 74.7 Å². The fourth-order valence-corrected chi connectivity index (χ4v) is 5.32. The Balaban J connectivity index is 1.73. The summed E-state index contributed by atoms with van der Waals surface area (Å²) in [7, 11) is 3.47. The number of rotatable bonds is 9. The number of imidazole rings is 1. The van der Waals surface area contributed by atoms with E-state index in [1.807, 2.05) is 0 Å². The van der Waals surface area contributed by atoms with Crippen molar-refractivity contribution < 1.29 is 22.3 Å². The highest BCUT2D eigenvalue weighted by Gasteiger charge is 2.31. The normalized spacial score (nSPS) is 12.6. The molecule has 0 bridgehead atoms. The number of aromatic nitrogens is 7. The van der Waals surface area contributed by atoms with Gasteiger partial charge in [0.1, 0.15) is 22.9 Å². The summed E-state index contributed by atoms with van der Waals surface area (Å²) in [5.41, 5.74) is 2.12. The highest BCUT2D eigenvalue weighted by molar-refractivity contribution is 7.87. The number of aryl methyl sites for hydroxylation is 1. The zero-order chi connectivity index (χ0) is 29.5. The first kappa shape index (κ1) is 27.9. The van der Waals surface area contributed by atoms with Gasteiger partial charge in [-0.1, -0.05) is 0 Å². The molecular weight excluding hydrogens is 553 g/mol. The largest absolute Gasteiger partial charge is 0.497 e. The van der Waals surface area contributed by atoms with Gasteiger partial charge in [-0.25, -0.2) is 23.3 Å². The van der Waals surface area contributed by atoms with Gasteiger partial charge in [0, 0.05) is 57.4 Å². The molecule has 1 aromatic carbocycles. The van der Waals surface area contributed by atoms with Crippen molar-refractivity contribution in [3.8, 4) is 22.8 Å². The molecule has 5 rings (SSSR count). The van der Waals surface area contributed by atoms with Gasteiger partial charge in [0.15, 0.2) is 17.2 Å². The van der Waals surface area contributed by atoms with Crippen molar-refractivity contribution in [2.45, 2.75) is 13.0 Å². The monoisotopic (exact) mass is 581 g/mol. The molecule has 0 fully saturated rings. The molecule has 1 atom stereocenters. The molecule has 0 saturated heterocycles. The molecule has 214 valence electrons. The van der Waals surface area contributed by atoms with Gasteiger partial charge in [0.2, 0.25) is 0 Å². The number of hydrogen-bond donors (Lipinski definition) is 0. The zero-order valence-corrected chi connectivity index (χ0v) is 24.0. The molecule has 0 amide bonds. The second-order valence-corrected chi connectivity index (χ2v) is 11.3. The minimum atomic E-state index is -3.94. The minimum absolute atomic E-state index is 0.0220. The summed E-state index contributed by atoms with van der Waals surface area (Å²) in [5.74, 6) is -0.0733. The molecule has 0 N–H and O–H groups in total. The van der Waals surface area contributed by atoms with Crippen LogP contribution in [0.5, 0.6) is 11.5 Å². The molecule has 0 spiro atoms. The number of halogens is 1. The molecule has 4 heterocycles. The third-order valence-electron chi connectivity index (χ3n) is 6.45. The van der Waals surface area contributed by atoms with Crippen LogP contribution in [0.3, 0.4) is 0 Å².